The molecule has 33 heavy (non-hydrogen) atoms. The van der Waals surface area contributed by atoms with Crippen molar-refractivity contribution in [2.45, 2.75) is 18.2 Å². The predicted molar refractivity (Wildman–Crippen MR) is 133 cm³/mol. The molecule has 0 atom stereocenters. The van der Waals surface area contributed by atoms with Crippen molar-refractivity contribution in [1.29, 1.82) is 0 Å². The Morgan fingerprint density at radius 3 is 2.24 bits per heavy atom. The lowest BCUT2D eigenvalue weighted by Gasteiger charge is -2.21. The Kier molecular flexibility index (Phi) is 7.94. The van der Waals surface area contributed by atoms with Gasteiger partial charge < -0.3 is 9.47 Å². The van der Waals surface area contributed by atoms with E-state index in [1.807, 2.05) is 19.1 Å². The Hall–Kier alpha value is -3.10. The van der Waals surface area contributed by atoms with Crippen LogP contribution in [0.2, 0.25) is 0 Å². The van der Waals surface area contributed by atoms with E-state index in [-0.39, 0.29) is 10.6 Å². The monoisotopic (exact) mass is 529 g/mol. The number of hydrogen-bond acceptors (Lipinski definition) is 5. The van der Waals surface area contributed by atoms with Gasteiger partial charge >= 0.3 is 0 Å². The molecule has 3 aromatic carbocycles. The van der Waals surface area contributed by atoms with E-state index in [0.717, 1.165) is 16.3 Å². The number of aryl methyl sites for hydroxylation is 1. The minimum atomic E-state index is -4.13. The van der Waals surface area contributed by atoms with E-state index in [1.165, 1.54) is 38.5 Å². The molecular formula is C25H24BrNO5S. The van der Waals surface area contributed by atoms with Crippen molar-refractivity contribution < 1.29 is 22.7 Å². The van der Waals surface area contributed by atoms with Crippen LogP contribution in [-0.2, 0) is 21.2 Å². The SMILES string of the molecule is CCc1ccc(N(C(=O)/C=C/c2cc(Br)c(OC)c(OC)c2)S(=O)(=O)c2ccccc2)cc1. The smallest absolute Gasteiger partial charge is 0.271 e. The summed E-state index contributed by atoms with van der Waals surface area (Å²) in [6, 6.07) is 18.2. The summed E-state index contributed by atoms with van der Waals surface area (Å²) < 4.78 is 38.9. The van der Waals surface area contributed by atoms with E-state index in [4.69, 9.17) is 9.47 Å². The Bertz CT molecular complexity index is 1260. The van der Waals surface area contributed by atoms with Gasteiger partial charge in [-0.25, -0.2) is 8.42 Å². The number of rotatable bonds is 8. The number of sulfonamides is 1. The molecular weight excluding hydrogens is 506 g/mol. The van der Waals surface area contributed by atoms with E-state index in [9.17, 15) is 13.2 Å². The van der Waals surface area contributed by atoms with Crippen LogP contribution in [0.1, 0.15) is 18.1 Å². The van der Waals surface area contributed by atoms with Gasteiger partial charge in [0.15, 0.2) is 11.5 Å². The fraction of sp³-hybridized carbons (Fsp3) is 0.160. The van der Waals surface area contributed by atoms with Gasteiger partial charge in [0.1, 0.15) is 0 Å². The zero-order valence-electron chi connectivity index (χ0n) is 18.5. The number of halogens is 1. The third-order valence-electron chi connectivity index (χ3n) is 4.93. The molecule has 1 amide bonds. The van der Waals surface area contributed by atoms with Crippen LogP contribution in [0.15, 0.2) is 82.2 Å². The van der Waals surface area contributed by atoms with Crippen LogP contribution in [0, 0.1) is 0 Å². The van der Waals surface area contributed by atoms with Crippen LogP contribution in [0.3, 0.4) is 0 Å². The van der Waals surface area contributed by atoms with Crippen LogP contribution in [-0.4, -0.2) is 28.5 Å². The lowest BCUT2D eigenvalue weighted by atomic mass is 10.1. The number of nitrogens with zero attached hydrogens (tertiary/aromatic N) is 1. The molecule has 0 fully saturated rings. The first-order valence-electron chi connectivity index (χ1n) is 10.1. The summed E-state index contributed by atoms with van der Waals surface area (Å²) in [5, 5.41) is 0. The molecule has 0 aliphatic carbocycles. The average Bonchev–Trinajstić information content (AvgIpc) is 2.83. The number of carbonyl (C=O) groups is 1. The largest absolute Gasteiger partial charge is 0.493 e. The molecule has 0 N–H and O–H groups in total. The summed E-state index contributed by atoms with van der Waals surface area (Å²) in [4.78, 5) is 13.3. The molecule has 0 unspecified atom stereocenters. The molecule has 0 spiro atoms. The topological polar surface area (TPSA) is 72.9 Å². The van der Waals surface area contributed by atoms with Crippen LogP contribution < -0.4 is 13.8 Å². The van der Waals surface area contributed by atoms with Gasteiger partial charge in [0.25, 0.3) is 15.9 Å². The number of methoxy groups -OCH3 is 2. The zero-order valence-corrected chi connectivity index (χ0v) is 20.9. The van der Waals surface area contributed by atoms with Crippen LogP contribution in [0.5, 0.6) is 11.5 Å². The number of carbonyl (C=O) groups excluding carboxylic acids is 1. The second-order valence-corrected chi connectivity index (χ2v) is 9.65. The van der Waals surface area contributed by atoms with Crippen LogP contribution >= 0.6 is 15.9 Å². The molecule has 0 bridgehead atoms. The Morgan fingerprint density at radius 1 is 1.00 bits per heavy atom. The molecule has 0 heterocycles. The standard InChI is InChI=1S/C25H24BrNO5S/c1-4-18-10-13-20(14-11-18)27(33(29,30)21-8-6-5-7-9-21)24(28)15-12-19-16-22(26)25(32-3)23(17-19)31-2/h5-17H,4H2,1-3H3/b15-12+. The zero-order chi connectivity index (χ0) is 24.0. The quantitative estimate of drug-likeness (QED) is 0.362. The number of hydrogen-bond donors (Lipinski definition) is 0. The Morgan fingerprint density at radius 2 is 1.67 bits per heavy atom. The highest BCUT2D eigenvalue weighted by atomic mass is 79.9. The van der Waals surface area contributed by atoms with Crippen molar-refractivity contribution >= 4 is 43.6 Å². The van der Waals surface area contributed by atoms with Crippen molar-refractivity contribution in [3.63, 3.8) is 0 Å². The summed E-state index contributed by atoms with van der Waals surface area (Å²) >= 11 is 3.42. The van der Waals surface area contributed by atoms with E-state index in [1.54, 1.807) is 42.5 Å². The minimum absolute atomic E-state index is 0.0279. The van der Waals surface area contributed by atoms with Gasteiger partial charge in [0.05, 0.1) is 29.3 Å². The van der Waals surface area contributed by atoms with Crippen molar-refractivity contribution in [1.82, 2.24) is 0 Å². The molecule has 6 nitrogen and oxygen atoms in total. The fourth-order valence-electron chi connectivity index (χ4n) is 3.22. The first kappa shape index (κ1) is 24.5. The van der Waals surface area contributed by atoms with Gasteiger partial charge in [0, 0.05) is 6.08 Å². The van der Waals surface area contributed by atoms with E-state index >= 15 is 0 Å². The second-order valence-electron chi connectivity index (χ2n) is 7.01. The number of anilines is 1. The molecule has 0 saturated carbocycles. The third-order valence-corrected chi connectivity index (χ3v) is 7.26. The summed E-state index contributed by atoms with van der Waals surface area (Å²) in [5.41, 5.74) is 1.93. The maximum atomic E-state index is 13.4. The number of benzene rings is 3. The summed E-state index contributed by atoms with van der Waals surface area (Å²) in [5.74, 6) is 0.294. The van der Waals surface area contributed by atoms with Crippen LogP contribution in [0.4, 0.5) is 5.69 Å². The average molecular weight is 530 g/mol. The number of ether oxygens (including phenoxy) is 2. The van der Waals surface area contributed by atoms with E-state index < -0.39 is 15.9 Å². The molecule has 0 radical (unpaired) electrons. The maximum absolute atomic E-state index is 13.4. The van der Waals surface area contributed by atoms with Gasteiger partial charge in [-0.15, -0.1) is 0 Å². The molecule has 3 aromatic rings. The Labute approximate surface area is 202 Å². The van der Waals surface area contributed by atoms with Crippen molar-refractivity contribution in [2.24, 2.45) is 0 Å². The molecule has 0 saturated heterocycles. The minimum Gasteiger partial charge on any atom is -0.493 e. The van der Waals surface area contributed by atoms with Gasteiger partial charge in [-0.3, -0.25) is 4.79 Å². The second kappa shape index (κ2) is 10.7. The van der Waals surface area contributed by atoms with E-state index in [2.05, 4.69) is 15.9 Å². The van der Waals surface area contributed by atoms with Crippen molar-refractivity contribution in [3.05, 3.63) is 88.4 Å². The fourth-order valence-corrected chi connectivity index (χ4v) is 5.25. The maximum Gasteiger partial charge on any atom is 0.271 e. The molecule has 0 aliphatic heterocycles. The first-order valence-corrected chi connectivity index (χ1v) is 12.4. The molecule has 0 aromatic heterocycles. The van der Waals surface area contributed by atoms with Gasteiger partial charge in [-0.05, 0) is 76.0 Å². The highest BCUT2D eigenvalue weighted by Crippen LogP contribution is 2.36. The highest BCUT2D eigenvalue weighted by molar-refractivity contribution is 9.10. The molecule has 8 heteroatoms. The van der Waals surface area contributed by atoms with Gasteiger partial charge in [-0.1, -0.05) is 37.3 Å². The molecule has 3 rings (SSSR count). The van der Waals surface area contributed by atoms with Crippen molar-refractivity contribution in [2.75, 3.05) is 18.5 Å². The third kappa shape index (κ3) is 5.46. The van der Waals surface area contributed by atoms with E-state index in [0.29, 0.717) is 21.5 Å². The molecule has 0 aliphatic rings. The highest BCUT2D eigenvalue weighted by Gasteiger charge is 2.29. The Balaban J connectivity index is 2.04. The summed E-state index contributed by atoms with van der Waals surface area (Å²) in [7, 11) is -1.09. The normalized spacial score (nSPS) is 11.4. The van der Waals surface area contributed by atoms with Gasteiger partial charge in [0.2, 0.25) is 0 Å². The van der Waals surface area contributed by atoms with Crippen LogP contribution in [0.25, 0.3) is 6.08 Å². The first-order chi connectivity index (χ1) is 15.8. The summed E-state index contributed by atoms with van der Waals surface area (Å²) in [6.45, 7) is 2.00. The number of amides is 1. The summed E-state index contributed by atoms with van der Waals surface area (Å²) in [6.07, 6.45) is 3.55. The molecule has 172 valence electrons. The predicted octanol–water partition coefficient (Wildman–Crippen LogP) is 5.46. The lowest BCUT2D eigenvalue weighted by Crippen LogP contribution is -2.35. The lowest BCUT2D eigenvalue weighted by molar-refractivity contribution is -0.113. The van der Waals surface area contributed by atoms with Crippen molar-refractivity contribution in [3.8, 4) is 11.5 Å². The van der Waals surface area contributed by atoms with Gasteiger partial charge in [-0.2, -0.15) is 4.31 Å².